The average molecular weight is 243 g/mol. The maximum Gasteiger partial charge on any atom is 0.120 e. The van der Waals surface area contributed by atoms with Gasteiger partial charge in [-0.2, -0.15) is 0 Å². The van der Waals surface area contributed by atoms with Crippen molar-refractivity contribution >= 4 is 0 Å². The molecule has 2 unspecified atom stereocenters. The van der Waals surface area contributed by atoms with Gasteiger partial charge in [0.25, 0.3) is 0 Å². The summed E-state index contributed by atoms with van der Waals surface area (Å²) in [6.07, 6.45) is 3.48. The first kappa shape index (κ1) is 11.5. The Kier molecular flexibility index (Phi) is 3.17. The SMILES string of the molecule is NC(CC1OCCc2ccccc21)c1ccco1. The molecule has 1 aliphatic heterocycles. The summed E-state index contributed by atoms with van der Waals surface area (Å²) in [5, 5.41) is 0. The molecule has 94 valence electrons. The molecule has 3 rings (SSSR count). The van der Waals surface area contributed by atoms with Crippen LogP contribution in [-0.4, -0.2) is 6.61 Å². The number of nitrogens with two attached hydrogens (primary N) is 1. The second-order valence-corrected chi connectivity index (χ2v) is 4.67. The summed E-state index contributed by atoms with van der Waals surface area (Å²) in [6.45, 7) is 0.770. The van der Waals surface area contributed by atoms with E-state index in [4.69, 9.17) is 14.9 Å². The molecule has 1 aromatic carbocycles. The third-order valence-corrected chi connectivity index (χ3v) is 3.47. The zero-order valence-electron chi connectivity index (χ0n) is 10.2. The van der Waals surface area contributed by atoms with E-state index >= 15 is 0 Å². The van der Waals surface area contributed by atoms with Crippen LogP contribution in [0.4, 0.5) is 0 Å². The fourth-order valence-electron chi connectivity index (χ4n) is 2.52. The lowest BCUT2D eigenvalue weighted by Crippen LogP contribution is -2.21. The molecule has 0 aliphatic carbocycles. The first-order valence-corrected chi connectivity index (χ1v) is 6.33. The number of ether oxygens (including phenoxy) is 1. The molecule has 2 N–H and O–H groups in total. The van der Waals surface area contributed by atoms with Gasteiger partial charge >= 0.3 is 0 Å². The van der Waals surface area contributed by atoms with Crippen molar-refractivity contribution < 1.29 is 9.15 Å². The molecule has 2 atom stereocenters. The molecule has 2 aromatic rings. The van der Waals surface area contributed by atoms with Crippen LogP contribution in [0.5, 0.6) is 0 Å². The van der Waals surface area contributed by atoms with Gasteiger partial charge in [-0.05, 0) is 29.7 Å². The maximum absolute atomic E-state index is 6.15. The summed E-state index contributed by atoms with van der Waals surface area (Å²) < 4.78 is 11.2. The predicted molar refractivity (Wildman–Crippen MR) is 69.1 cm³/mol. The van der Waals surface area contributed by atoms with E-state index in [0.29, 0.717) is 0 Å². The highest BCUT2D eigenvalue weighted by atomic mass is 16.5. The van der Waals surface area contributed by atoms with Crippen LogP contribution in [0.15, 0.2) is 47.1 Å². The van der Waals surface area contributed by atoms with Gasteiger partial charge in [-0.3, -0.25) is 0 Å². The van der Waals surface area contributed by atoms with Gasteiger partial charge in [0.2, 0.25) is 0 Å². The Morgan fingerprint density at radius 3 is 2.94 bits per heavy atom. The van der Waals surface area contributed by atoms with E-state index in [1.807, 2.05) is 12.1 Å². The van der Waals surface area contributed by atoms with E-state index in [-0.39, 0.29) is 12.1 Å². The van der Waals surface area contributed by atoms with Crippen LogP contribution >= 0.6 is 0 Å². The van der Waals surface area contributed by atoms with Crippen LogP contribution in [0.25, 0.3) is 0 Å². The average Bonchev–Trinajstić information content (AvgIpc) is 2.93. The number of benzene rings is 1. The number of furan rings is 1. The van der Waals surface area contributed by atoms with Gasteiger partial charge in [-0.15, -0.1) is 0 Å². The highest BCUT2D eigenvalue weighted by Crippen LogP contribution is 2.33. The summed E-state index contributed by atoms with van der Waals surface area (Å²) in [6, 6.07) is 12.1. The Morgan fingerprint density at radius 2 is 2.11 bits per heavy atom. The van der Waals surface area contributed by atoms with E-state index in [2.05, 4.69) is 24.3 Å². The smallest absolute Gasteiger partial charge is 0.120 e. The van der Waals surface area contributed by atoms with Gasteiger partial charge in [-0.25, -0.2) is 0 Å². The first-order chi connectivity index (χ1) is 8.84. The van der Waals surface area contributed by atoms with Gasteiger partial charge < -0.3 is 14.9 Å². The molecule has 0 amide bonds. The van der Waals surface area contributed by atoms with Gasteiger partial charge in [0, 0.05) is 6.42 Å². The minimum Gasteiger partial charge on any atom is -0.468 e. The Balaban J connectivity index is 1.78. The predicted octanol–water partition coefficient (Wildman–Crippen LogP) is 2.98. The summed E-state index contributed by atoms with van der Waals surface area (Å²) in [5.41, 5.74) is 8.80. The summed E-state index contributed by atoms with van der Waals surface area (Å²) in [4.78, 5) is 0. The van der Waals surface area contributed by atoms with Crippen LogP contribution in [0.1, 0.15) is 35.5 Å². The summed E-state index contributed by atoms with van der Waals surface area (Å²) in [7, 11) is 0. The molecule has 0 spiro atoms. The van der Waals surface area contributed by atoms with Crippen LogP contribution in [0.2, 0.25) is 0 Å². The molecular formula is C15H17NO2. The molecule has 0 saturated carbocycles. The lowest BCUT2D eigenvalue weighted by Gasteiger charge is -2.27. The third kappa shape index (κ3) is 2.19. The van der Waals surface area contributed by atoms with Crippen LogP contribution < -0.4 is 5.73 Å². The number of fused-ring (bicyclic) bond motifs is 1. The first-order valence-electron chi connectivity index (χ1n) is 6.33. The van der Waals surface area contributed by atoms with E-state index in [1.54, 1.807) is 6.26 Å². The molecule has 18 heavy (non-hydrogen) atoms. The van der Waals surface area contributed by atoms with Crippen molar-refractivity contribution in [2.45, 2.75) is 25.0 Å². The Bertz CT molecular complexity index is 507. The number of hydrogen-bond acceptors (Lipinski definition) is 3. The topological polar surface area (TPSA) is 48.4 Å². The minimum absolute atomic E-state index is 0.0787. The van der Waals surface area contributed by atoms with Crippen molar-refractivity contribution in [2.24, 2.45) is 5.73 Å². The van der Waals surface area contributed by atoms with Crippen molar-refractivity contribution in [1.29, 1.82) is 0 Å². The Labute approximate surface area is 107 Å². The molecule has 0 fully saturated rings. The monoisotopic (exact) mass is 243 g/mol. The normalized spacial score (nSPS) is 20.4. The van der Waals surface area contributed by atoms with Gasteiger partial charge in [0.1, 0.15) is 5.76 Å². The van der Waals surface area contributed by atoms with E-state index in [9.17, 15) is 0 Å². The summed E-state index contributed by atoms with van der Waals surface area (Å²) in [5.74, 6) is 0.821. The quantitative estimate of drug-likeness (QED) is 0.901. The van der Waals surface area contributed by atoms with Crippen LogP contribution in [0.3, 0.4) is 0 Å². The molecule has 2 heterocycles. The van der Waals surface area contributed by atoms with Gasteiger partial charge in [0.05, 0.1) is 25.0 Å². The lowest BCUT2D eigenvalue weighted by molar-refractivity contribution is 0.0306. The third-order valence-electron chi connectivity index (χ3n) is 3.47. The zero-order valence-corrected chi connectivity index (χ0v) is 10.2. The van der Waals surface area contributed by atoms with E-state index in [0.717, 1.165) is 25.2 Å². The largest absolute Gasteiger partial charge is 0.468 e. The number of hydrogen-bond donors (Lipinski definition) is 1. The Morgan fingerprint density at radius 1 is 1.22 bits per heavy atom. The number of rotatable bonds is 3. The highest BCUT2D eigenvalue weighted by Gasteiger charge is 2.24. The van der Waals surface area contributed by atoms with Crippen molar-refractivity contribution in [3.63, 3.8) is 0 Å². The zero-order chi connectivity index (χ0) is 12.4. The van der Waals surface area contributed by atoms with Crippen LogP contribution in [-0.2, 0) is 11.2 Å². The van der Waals surface area contributed by atoms with E-state index in [1.165, 1.54) is 11.1 Å². The fraction of sp³-hybridized carbons (Fsp3) is 0.333. The van der Waals surface area contributed by atoms with Gasteiger partial charge in [-0.1, -0.05) is 24.3 Å². The van der Waals surface area contributed by atoms with E-state index < -0.39 is 0 Å². The van der Waals surface area contributed by atoms with Crippen molar-refractivity contribution in [2.75, 3.05) is 6.61 Å². The standard InChI is InChI=1S/C15H17NO2/c16-13(14-6-3-8-17-14)10-15-12-5-2-1-4-11(12)7-9-18-15/h1-6,8,13,15H,7,9-10,16H2. The summed E-state index contributed by atoms with van der Waals surface area (Å²) >= 11 is 0. The lowest BCUT2D eigenvalue weighted by atomic mass is 9.93. The van der Waals surface area contributed by atoms with Crippen molar-refractivity contribution in [1.82, 2.24) is 0 Å². The molecule has 0 saturated heterocycles. The Hall–Kier alpha value is -1.58. The molecule has 3 nitrogen and oxygen atoms in total. The molecule has 0 radical (unpaired) electrons. The van der Waals surface area contributed by atoms with Crippen LogP contribution in [0, 0.1) is 0 Å². The second kappa shape index (κ2) is 4.96. The maximum atomic E-state index is 6.15. The molecule has 1 aromatic heterocycles. The second-order valence-electron chi connectivity index (χ2n) is 4.67. The molecule has 3 heteroatoms. The van der Waals surface area contributed by atoms with Gasteiger partial charge in [0.15, 0.2) is 0 Å². The fourth-order valence-corrected chi connectivity index (χ4v) is 2.52. The minimum atomic E-state index is -0.115. The van der Waals surface area contributed by atoms with Crippen molar-refractivity contribution in [3.05, 3.63) is 59.5 Å². The highest BCUT2D eigenvalue weighted by molar-refractivity contribution is 5.31. The van der Waals surface area contributed by atoms with Crippen molar-refractivity contribution in [3.8, 4) is 0 Å². The molecular weight excluding hydrogens is 226 g/mol. The molecule has 0 bridgehead atoms. The molecule has 1 aliphatic rings.